The molecule has 0 aliphatic rings. The van der Waals surface area contributed by atoms with Gasteiger partial charge in [-0.3, -0.25) is 0 Å². The van der Waals surface area contributed by atoms with E-state index in [4.69, 9.17) is 13.9 Å². The highest BCUT2D eigenvalue weighted by atomic mass is 16.6. The van der Waals surface area contributed by atoms with Crippen LogP contribution in [0, 0.1) is 5.92 Å². The van der Waals surface area contributed by atoms with Crippen molar-refractivity contribution in [1.29, 1.82) is 0 Å². The Hall–Kier alpha value is -1.43. The summed E-state index contributed by atoms with van der Waals surface area (Å²) in [7, 11) is 0. The molecule has 1 aromatic heterocycles. The highest BCUT2D eigenvalue weighted by molar-refractivity contribution is 5.74. The van der Waals surface area contributed by atoms with Gasteiger partial charge in [-0.1, -0.05) is 34.6 Å². The van der Waals surface area contributed by atoms with Crippen molar-refractivity contribution in [3.8, 4) is 0 Å². The van der Waals surface area contributed by atoms with Crippen LogP contribution in [0.4, 0.5) is 0 Å². The number of hydrogen-bond donors (Lipinski definition) is 0. The van der Waals surface area contributed by atoms with Crippen LogP contribution in [0.1, 0.15) is 59.7 Å². The molecule has 0 spiro atoms. The maximum absolute atomic E-state index is 11.8. The van der Waals surface area contributed by atoms with Gasteiger partial charge < -0.3 is 13.9 Å². The molecule has 120 valence electrons. The minimum atomic E-state index is -0.589. The van der Waals surface area contributed by atoms with Crippen LogP contribution < -0.4 is 0 Å². The van der Waals surface area contributed by atoms with Crippen molar-refractivity contribution < 1.29 is 18.7 Å². The average molecular weight is 298 g/mol. The lowest BCUT2D eigenvalue weighted by molar-refractivity contribution is -0.158. The van der Waals surface area contributed by atoms with E-state index in [2.05, 4.69) is 24.0 Å². The molecule has 1 aromatic rings. The van der Waals surface area contributed by atoms with Crippen molar-refractivity contribution in [3.05, 3.63) is 11.8 Å². The Morgan fingerprint density at radius 1 is 1.24 bits per heavy atom. The van der Waals surface area contributed by atoms with E-state index in [-0.39, 0.29) is 12.0 Å². The largest absolute Gasteiger partial charge is 0.454 e. The maximum atomic E-state index is 11.8. The van der Waals surface area contributed by atoms with Crippen LogP contribution in [0.5, 0.6) is 0 Å². The van der Waals surface area contributed by atoms with E-state index >= 15 is 0 Å². The molecule has 1 heterocycles. The smallest absolute Gasteiger partial charge is 0.335 e. The summed E-state index contributed by atoms with van der Waals surface area (Å²) in [6.45, 7) is 12.3. The van der Waals surface area contributed by atoms with Crippen molar-refractivity contribution in [2.75, 3.05) is 6.61 Å². The van der Waals surface area contributed by atoms with Crippen LogP contribution in [-0.2, 0) is 26.3 Å². The van der Waals surface area contributed by atoms with E-state index in [0.717, 1.165) is 6.42 Å². The van der Waals surface area contributed by atoms with E-state index in [1.54, 1.807) is 6.92 Å². The molecular formula is C15H26N2O4. The summed E-state index contributed by atoms with van der Waals surface area (Å²) in [4.78, 5) is 11.8. The fraction of sp³-hybridized carbons (Fsp3) is 0.800. The van der Waals surface area contributed by atoms with E-state index < -0.39 is 12.1 Å². The van der Waals surface area contributed by atoms with Crippen molar-refractivity contribution in [2.45, 2.75) is 66.1 Å². The van der Waals surface area contributed by atoms with Crippen LogP contribution in [0.2, 0.25) is 0 Å². The third kappa shape index (κ3) is 6.25. The second kappa shape index (κ2) is 7.54. The zero-order valence-corrected chi connectivity index (χ0v) is 13.8. The van der Waals surface area contributed by atoms with Gasteiger partial charge in [0.25, 0.3) is 5.89 Å². The molecular weight excluding hydrogens is 272 g/mol. The van der Waals surface area contributed by atoms with E-state index in [1.807, 2.05) is 20.8 Å². The van der Waals surface area contributed by atoms with E-state index in [0.29, 0.717) is 24.3 Å². The van der Waals surface area contributed by atoms with Gasteiger partial charge in [-0.15, -0.1) is 10.2 Å². The predicted octanol–water partition coefficient (Wildman–Crippen LogP) is 2.86. The Morgan fingerprint density at radius 2 is 1.90 bits per heavy atom. The standard InChI is InChI=1S/C15H26N2O4/c1-10(2)7-8-19-11(3)13(18)20-9-12-16-17-14(21-12)15(4,5)6/h10-11H,7-9H2,1-6H3. The molecule has 0 amide bonds. The number of carbonyl (C=O) groups excluding carboxylic acids is 1. The van der Waals surface area contributed by atoms with Crippen molar-refractivity contribution >= 4 is 5.97 Å². The lowest BCUT2D eigenvalue weighted by Crippen LogP contribution is -2.24. The fourth-order valence-electron chi connectivity index (χ4n) is 1.41. The second-order valence-electron chi connectivity index (χ2n) is 6.55. The molecule has 0 N–H and O–H groups in total. The number of hydrogen-bond acceptors (Lipinski definition) is 6. The molecule has 6 heteroatoms. The minimum absolute atomic E-state index is 0.0280. The van der Waals surface area contributed by atoms with Crippen molar-refractivity contribution in [1.82, 2.24) is 10.2 Å². The monoisotopic (exact) mass is 298 g/mol. The molecule has 0 aliphatic heterocycles. The summed E-state index contributed by atoms with van der Waals surface area (Å²) in [5, 5.41) is 7.80. The normalized spacial score (nSPS) is 13.5. The molecule has 0 fully saturated rings. The Labute approximate surface area is 126 Å². The third-order valence-electron chi connectivity index (χ3n) is 2.84. The van der Waals surface area contributed by atoms with Crippen molar-refractivity contribution in [2.24, 2.45) is 5.92 Å². The first-order chi connectivity index (χ1) is 9.70. The quantitative estimate of drug-likeness (QED) is 0.721. The molecule has 1 rings (SSSR count). The molecule has 0 aliphatic carbocycles. The summed E-state index contributed by atoms with van der Waals surface area (Å²) in [6, 6.07) is 0. The van der Waals surface area contributed by atoms with E-state index in [9.17, 15) is 4.79 Å². The molecule has 0 radical (unpaired) electrons. The van der Waals surface area contributed by atoms with Crippen molar-refractivity contribution in [3.63, 3.8) is 0 Å². The lowest BCUT2D eigenvalue weighted by atomic mass is 9.97. The van der Waals surface area contributed by atoms with Gasteiger partial charge in [0.15, 0.2) is 12.7 Å². The average Bonchev–Trinajstić information content (AvgIpc) is 2.83. The van der Waals surface area contributed by atoms with Gasteiger partial charge in [0, 0.05) is 12.0 Å². The Kier molecular flexibility index (Phi) is 6.33. The number of esters is 1. The highest BCUT2D eigenvalue weighted by Crippen LogP contribution is 2.20. The number of aromatic nitrogens is 2. The SMILES string of the molecule is CC(C)CCOC(C)C(=O)OCc1nnc(C(C)(C)C)o1. The molecule has 21 heavy (non-hydrogen) atoms. The van der Waals surface area contributed by atoms with Gasteiger partial charge in [-0.2, -0.15) is 0 Å². The van der Waals surface area contributed by atoms with Gasteiger partial charge in [0.05, 0.1) is 0 Å². The molecule has 6 nitrogen and oxygen atoms in total. The third-order valence-corrected chi connectivity index (χ3v) is 2.84. The van der Waals surface area contributed by atoms with Crippen LogP contribution in [0.3, 0.4) is 0 Å². The maximum Gasteiger partial charge on any atom is 0.335 e. The second-order valence-corrected chi connectivity index (χ2v) is 6.55. The zero-order chi connectivity index (χ0) is 16.0. The number of nitrogens with zero attached hydrogens (tertiary/aromatic N) is 2. The fourth-order valence-corrected chi connectivity index (χ4v) is 1.41. The summed E-state index contributed by atoms with van der Waals surface area (Å²) in [5.41, 5.74) is -0.220. The van der Waals surface area contributed by atoms with Gasteiger partial charge in [0.2, 0.25) is 5.89 Å². The summed E-state index contributed by atoms with van der Waals surface area (Å²) in [5.74, 6) is 0.939. The summed E-state index contributed by atoms with van der Waals surface area (Å²) in [6.07, 6.45) is 0.324. The Bertz CT molecular complexity index is 449. The van der Waals surface area contributed by atoms with Gasteiger partial charge in [0.1, 0.15) is 0 Å². The molecule has 0 saturated carbocycles. The molecule has 1 unspecified atom stereocenters. The first-order valence-electron chi connectivity index (χ1n) is 7.31. The van der Waals surface area contributed by atoms with Crippen LogP contribution in [0.25, 0.3) is 0 Å². The Balaban J connectivity index is 2.37. The summed E-state index contributed by atoms with van der Waals surface area (Å²) < 4.78 is 16.0. The van der Waals surface area contributed by atoms with Gasteiger partial charge in [-0.25, -0.2) is 4.79 Å². The number of ether oxygens (including phenoxy) is 2. The minimum Gasteiger partial charge on any atom is -0.454 e. The molecule has 0 aromatic carbocycles. The molecule has 1 atom stereocenters. The predicted molar refractivity (Wildman–Crippen MR) is 77.7 cm³/mol. The van der Waals surface area contributed by atoms with Gasteiger partial charge >= 0.3 is 5.97 Å². The number of carbonyl (C=O) groups is 1. The highest BCUT2D eigenvalue weighted by Gasteiger charge is 2.22. The zero-order valence-electron chi connectivity index (χ0n) is 13.8. The van der Waals surface area contributed by atoms with Crippen LogP contribution in [0.15, 0.2) is 4.42 Å². The Morgan fingerprint density at radius 3 is 2.43 bits per heavy atom. The molecule has 0 saturated heterocycles. The van der Waals surface area contributed by atoms with E-state index in [1.165, 1.54) is 0 Å². The van der Waals surface area contributed by atoms with Gasteiger partial charge in [-0.05, 0) is 19.3 Å². The topological polar surface area (TPSA) is 74.5 Å². The summed E-state index contributed by atoms with van der Waals surface area (Å²) >= 11 is 0. The lowest BCUT2D eigenvalue weighted by Gasteiger charge is -2.13. The number of rotatable bonds is 7. The molecule has 0 bridgehead atoms. The first kappa shape index (κ1) is 17.6. The first-order valence-corrected chi connectivity index (χ1v) is 7.31. The van der Waals surface area contributed by atoms with Crippen LogP contribution in [-0.4, -0.2) is 28.9 Å². The van der Waals surface area contributed by atoms with Crippen LogP contribution >= 0.6 is 0 Å².